The van der Waals surface area contributed by atoms with Crippen LogP contribution >= 0.6 is 23.1 Å². The third kappa shape index (κ3) is 3.96. The Hall–Kier alpha value is -2.97. The molecule has 1 amide bonds. The lowest BCUT2D eigenvalue weighted by molar-refractivity contribution is -0.146. The number of nitrogens with one attached hydrogen (secondary N) is 1. The molecule has 2 bridgehead atoms. The number of nitrogens with zero attached hydrogens (tertiary/aromatic N) is 1. The van der Waals surface area contributed by atoms with Crippen LogP contribution in [0.3, 0.4) is 0 Å². The van der Waals surface area contributed by atoms with Crippen molar-refractivity contribution >= 4 is 56.7 Å². The number of thioether (sulfide) groups is 1. The first-order valence-corrected chi connectivity index (χ1v) is 12.1. The summed E-state index contributed by atoms with van der Waals surface area (Å²) in [5, 5.41) is 12.5. The van der Waals surface area contributed by atoms with Gasteiger partial charge in [-0.1, -0.05) is 54.2 Å². The van der Waals surface area contributed by atoms with Crippen molar-refractivity contribution in [1.29, 1.82) is 0 Å². The SMILES string of the molecule is O=C(CSc1nc2ccc(NC(=O)[C@@H]3[C@@H](C(=O)O)[C@H]4C=C[C@H]3C4)cc2s1)c1ccccc1. The molecule has 1 saturated carbocycles. The van der Waals surface area contributed by atoms with Crippen molar-refractivity contribution in [2.45, 2.75) is 10.8 Å². The molecule has 0 radical (unpaired) electrons. The average molecular weight is 465 g/mol. The van der Waals surface area contributed by atoms with Gasteiger partial charge in [-0.15, -0.1) is 11.3 Å². The number of aromatic nitrogens is 1. The first-order valence-electron chi connectivity index (χ1n) is 10.3. The highest BCUT2D eigenvalue weighted by molar-refractivity contribution is 8.01. The Balaban J connectivity index is 1.27. The van der Waals surface area contributed by atoms with Crippen molar-refractivity contribution in [2.75, 3.05) is 11.1 Å². The van der Waals surface area contributed by atoms with Gasteiger partial charge in [0.1, 0.15) is 0 Å². The molecular weight excluding hydrogens is 444 g/mol. The molecule has 2 aliphatic carbocycles. The number of anilines is 1. The molecule has 5 rings (SSSR count). The second-order valence-corrected chi connectivity index (χ2v) is 10.3. The fourth-order valence-corrected chi connectivity index (χ4v) is 6.62. The number of hydrogen-bond donors (Lipinski definition) is 2. The summed E-state index contributed by atoms with van der Waals surface area (Å²) >= 11 is 2.87. The maximum absolute atomic E-state index is 12.9. The van der Waals surface area contributed by atoms with Gasteiger partial charge < -0.3 is 10.4 Å². The molecule has 0 saturated heterocycles. The third-order valence-electron chi connectivity index (χ3n) is 6.11. The number of thiazole rings is 1. The zero-order valence-electron chi connectivity index (χ0n) is 16.9. The largest absolute Gasteiger partial charge is 0.481 e. The Morgan fingerprint density at radius 3 is 2.56 bits per heavy atom. The zero-order chi connectivity index (χ0) is 22.2. The quantitative estimate of drug-likeness (QED) is 0.298. The summed E-state index contributed by atoms with van der Waals surface area (Å²) in [5.74, 6) is -2.09. The fraction of sp³-hybridized carbons (Fsp3) is 0.250. The van der Waals surface area contributed by atoms with E-state index in [0.29, 0.717) is 17.0 Å². The van der Waals surface area contributed by atoms with Crippen LogP contribution in [-0.4, -0.2) is 33.5 Å². The van der Waals surface area contributed by atoms with E-state index in [9.17, 15) is 19.5 Å². The van der Waals surface area contributed by atoms with Crippen LogP contribution in [0.2, 0.25) is 0 Å². The number of benzene rings is 2. The Kier molecular flexibility index (Phi) is 5.57. The number of carboxylic acid groups (broad SMARTS) is 1. The van der Waals surface area contributed by atoms with Crippen molar-refractivity contribution in [2.24, 2.45) is 23.7 Å². The summed E-state index contributed by atoms with van der Waals surface area (Å²) in [5.41, 5.74) is 2.11. The minimum atomic E-state index is -0.911. The fourth-order valence-electron chi connectivity index (χ4n) is 4.62. The summed E-state index contributed by atoms with van der Waals surface area (Å²) in [6, 6.07) is 14.6. The van der Waals surface area contributed by atoms with E-state index in [4.69, 9.17) is 0 Å². The number of fused-ring (bicyclic) bond motifs is 3. The number of ketones is 1. The van der Waals surface area contributed by atoms with Gasteiger partial charge in [-0.25, -0.2) is 4.98 Å². The molecule has 2 aromatic carbocycles. The van der Waals surface area contributed by atoms with Crippen LogP contribution in [0.25, 0.3) is 10.2 Å². The van der Waals surface area contributed by atoms with Crippen LogP contribution < -0.4 is 5.32 Å². The van der Waals surface area contributed by atoms with E-state index in [0.717, 1.165) is 21.0 Å². The van der Waals surface area contributed by atoms with Crippen molar-refractivity contribution in [3.63, 3.8) is 0 Å². The van der Waals surface area contributed by atoms with Crippen molar-refractivity contribution in [1.82, 2.24) is 4.98 Å². The third-order valence-corrected chi connectivity index (χ3v) is 8.27. The molecule has 1 aromatic heterocycles. The van der Waals surface area contributed by atoms with E-state index in [1.165, 1.54) is 23.1 Å². The molecule has 0 unspecified atom stereocenters. The van der Waals surface area contributed by atoms with E-state index in [2.05, 4.69) is 10.3 Å². The van der Waals surface area contributed by atoms with E-state index in [-0.39, 0.29) is 23.5 Å². The van der Waals surface area contributed by atoms with Gasteiger partial charge in [0.2, 0.25) is 5.91 Å². The van der Waals surface area contributed by atoms with E-state index >= 15 is 0 Å². The second-order valence-electron chi connectivity index (χ2n) is 8.07. The van der Waals surface area contributed by atoms with Crippen molar-refractivity contribution in [3.05, 3.63) is 66.2 Å². The number of carboxylic acids is 1. The van der Waals surface area contributed by atoms with Gasteiger partial charge in [0.25, 0.3) is 0 Å². The maximum Gasteiger partial charge on any atom is 0.307 e. The highest BCUT2D eigenvalue weighted by Crippen LogP contribution is 2.48. The van der Waals surface area contributed by atoms with E-state index in [1.807, 2.05) is 42.5 Å². The van der Waals surface area contributed by atoms with Gasteiger partial charge in [-0.2, -0.15) is 0 Å². The van der Waals surface area contributed by atoms with Crippen molar-refractivity contribution < 1.29 is 19.5 Å². The number of hydrogen-bond acceptors (Lipinski definition) is 6. The van der Waals surface area contributed by atoms with Crippen molar-refractivity contribution in [3.8, 4) is 0 Å². The molecule has 8 heteroatoms. The molecule has 2 aliphatic rings. The minimum Gasteiger partial charge on any atom is -0.481 e. The molecule has 1 heterocycles. The number of allylic oxidation sites excluding steroid dienone is 2. The lowest BCUT2D eigenvalue weighted by Crippen LogP contribution is -2.36. The number of Topliss-reactive ketones (excluding diaryl/α,β-unsaturated/α-hetero) is 1. The van der Waals surface area contributed by atoms with Crippen LogP contribution in [0.5, 0.6) is 0 Å². The lowest BCUT2D eigenvalue weighted by Gasteiger charge is -2.23. The number of carbonyl (C=O) groups is 3. The number of rotatable bonds is 7. The molecular formula is C24H20N2O4S2. The zero-order valence-corrected chi connectivity index (χ0v) is 18.6. The van der Waals surface area contributed by atoms with Gasteiger partial charge in [0.05, 0.1) is 27.8 Å². The molecule has 3 aromatic rings. The highest BCUT2D eigenvalue weighted by atomic mass is 32.2. The van der Waals surface area contributed by atoms with Crippen LogP contribution in [0.4, 0.5) is 5.69 Å². The summed E-state index contributed by atoms with van der Waals surface area (Å²) in [4.78, 5) is 41.5. The first kappa shape index (κ1) is 20.9. The maximum atomic E-state index is 12.9. The normalized spacial score (nSPS) is 23.5. The van der Waals surface area contributed by atoms with Gasteiger partial charge in [-0.3, -0.25) is 14.4 Å². The molecule has 0 spiro atoms. The van der Waals surface area contributed by atoms with Gasteiger partial charge in [0.15, 0.2) is 10.1 Å². The molecule has 162 valence electrons. The Morgan fingerprint density at radius 2 is 1.81 bits per heavy atom. The number of aliphatic carboxylic acids is 1. The topological polar surface area (TPSA) is 96.4 Å². The molecule has 6 nitrogen and oxygen atoms in total. The smallest absolute Gasteiger partial charge is 0.307 e. The van der Waals surface area contributed by atoms with Gasteiger partial charge >= 0.3 is 5.97 Å². The summed E-state index contributed by atoms with van der Waals surface area (Å²) in [7, 11) is 0. The monoisotopic (exact) mass is 464 g/mol. The molecule has 32 heavy (non-hydrogen) atoms. The molecule has 1 fully saturated rings. The molecule has 0 aliphatic heterocycles. The van der Waals surface area contributed by atoms with E-state index in [1.54, 1.807) is 18.2 Å². The number of amides is 1. The highest BCUT2D eigenvalue weighted by Gasteiger charge is 2.51. The predicted octanol–water partition coefficient (Wildman–Crippen LogP) is 4.73. The first-order chi connectivity index (χ1) is 15.5. The van der Waals surface area contributed by atoms with E-state index < -0.39 is 17.8 Å². The van der Waals surface area contributed by atoms with Crippen LogP contribution in [0.15, 0.2) is 65.0 Å². The molecule has 4 atom stereocenters. The minimum absolute atomic E-state index is 0.0154. The average Bonchev–Trinajstić information content (AvgIpc) is 3.51. The lowest BCUT2D eigenvalue weighted by atomic mass is 9.82. The predicted molar refractivity (Wildman–Crippen MR) is 125 cm³/mol. The second kappa shape index (κ2) is 8.52. The van der Waals surface area contributed by atoms with Crippen LogP contribution in [0, 0.1) is 23.7 Å². The Bertz CT molecular complexity index is 1240. The standard InChI is InChI=1S/C24H20N2O4S2/c27-18(13-4-2-1-3-5-13)12-31-24-26-17-9-8-16(11-19(17)32-24)25-22(28)20-14-6-7-15(10-14)21(20)23(29)30/h1-9,11,14-15,20-21H,10,12H2,(H,25,28)(H,29,30)/t14-,15-,20-,21-/m0/s1. The number of carbonyl (C=O) groups excluding carboxylic acids is 2. The summed E-state index contributed by atoms with van der Waals surface area (Å²) < 4.78 is 1.69. The van der Waals surface area contributed by atoms with Crippen LogP contribution in [0.1, 0.15) is 16.8 Å². The Morgan fingerprint density at radius 1 is 1.06 bits per heavy atom. The Labute approximate surface area is 192 Å². The summed E-state index contributed by atoms with van der Waals surface area (Å²) in [6.45, 7) is 0. The van der Waals surface area contributed by atoms with Gasteiger partial charge in [0, 0.05) is 11.3 Å². The summed E-state index contributed by atoms with van der Waals surface area (Å²) in [6.07, 6.45) is 4.63. The van der Waals surface area contributed by atoms with Gasteiger partial charge in [-0.05, 0) is 36.5 Å². The van der Waals surface area contributed by atoms with Crippen LogP contribution in [-0.2, 0) is 9.59 Å². The molecule has 2 N–H and O–H groups in total.